The van der Waals surface area contributed by atoms with E-state index in [1.54, 1.807) is 0 Å². The lowest BCUT2D eigenvalue weighted by molar-refractivity contribution is -0.133. The molecule has 0 saturated carbocycles. The van der Waals surface area contributed by atoms with Crippen LogP contribution in [0.2, 0.25) is 0 Å². The van der Waals surface area contributed by atoms with E-state index in [9.17, 15) is 13.6 Å². The van der Waals surface area contributed by atoms with E-state index >= 15 is 0 Å². The molecule has 1 atom stereocenters. The molecule has 3 aromatic rings. The van der Waals surface area contributed by atoms with Gasteiger partial charge in [0, 0.05) is 45.2 Å². The zero-order valence-corrected chi connectivity index (χ0v) is 21.2. The summed E-state index contributed by atoms with van der Waals surface area (Å²) in [6.45, 7) is 6.18. The molecule has 0 bridgehead atoms. The predicted octanol–water partition coefficient (Wildman–Crippen LogP) is 4.38. The molecule has 0 aliphatic carbocycles. The molecule has 0 radical (unpaired) electrons. The maximum atomic E-state index is 13.9. The number of amides is 1. The highest BCUT2D eigenvalue weighted by Gasteiger charge is 2.31. The van der Waals surface area contributed by atoms with Gasteiger partial charge in [-0.1, -0.05) is 37.3 Å². The van der Waals surface area contributed by atoms with Crippen LogP contribution in [0.3, 0.4) is 0 Å². The molecule has 1 amide bonds. The first-order valence-corrected chi connectivity index (χ1v) is 12.7. The van der Waals surface area contributed by atoms with Crippen LogP contribution < -0.4 is 9.64 Å². The van der Waals surface area contributed by atoms with Gasteiger partial charge in [-0.2, -0.15) is 4.98 Å². The first kappa shape index (κ1) is 25.1. The highest BCUT2D eigenvalue weighted by Crippen LogP contribution is 2.34. The quantitative estimate of drug-likeness (QED) is 0.494. The van der Waals surface area contributed by atoms with Crippen molar-refractivity contribution < 1.29 is 18.3 Å². The SMILES string of the molecule is CCC(C(=O)N1CCc2nc(N3CCN(C)CC3)nc(Oc3ccc(F)c(F)c3)c2C1)c1ccccc1. The second kappa shape index (κ2) is 10.8. The van der Waals surface area contributed by atoms with Gasteiger partial charge in [-0.25, -0.2) is 13.8 Å². The standard InChI is InChI=1S/C28H31F2N5O2/c1-3-21(19-7-5-4-6-8-19)27(36)35-12-11-25-22(18-35)26(37-20-9-10-23(29)24(30)17-20)32-28(31-25)34-15-13-33(2)14-16-34/h4-10,17,21H,3,11-16,18H2,1-2H3. The number of rotatable bonds is 6. The van der Waals surface area contributed by atoms with Crippen molar-refractivity contribution in [3.63, 3.8) is 0 Å². The molecule has 1 aromatic heterocycles. The number of piperazine rings is 1. The predicted molar refractivity (Wildman–Crippen MR) is 137 cm³/mol. The summed E-state index contributed by atoms with van der Waals surface area (Å²) in [5.41, 5.74) is 2.50. The van der Waals surface area contributed by atoms with Crippen LogP contribution in [0.4, 0.5) is 14.7 Å². The third kappa shape index (κ3) is 5.41. The molecular formula is C28H31F2N5O2. The number of likely N-dealkylation sites (N-methyl/N-ethyl adjacent to an activating group) is 1. The van der Waals surface area contributed by atoms with Crippen molar-refractivity contribution in [1.82, 2.24) is 19.8 Å². The number of hydrogen-bond acceptors (Lipinski definition) is 6. The number of halogens is 2. The molecule has 1 fully saturated rings. The number of ether oxygens (including phenoxy) is 1. The second-order valence-electron chi connectivity index (χ2n) is 9.60. The number of nitrogens with zero attached hydrogens (tertiary/aromatic N) is 5. The van der Waals surface area contributed by atoms with Crippen LogP contribution >= 0.6 is 0 Å². The van der Waals surface area contributed by atoms with Crippen molar-refractivity contribution in [2.24, 2.45) is 0 Å². The molecule has 37 heavy (non-hydrogen) atoms. The molecule has 2 aliphatic heterocycles. The summed E-state index contributed by atoms with van der Waals surface area (Å²) in [7, 11) is 2.08. The van der Waals surface area contributed by atoms with E-state index in [0.717, 1.165) is 49.6 Å². The lowest BCUT2D eigenvalue weighted by atomic mass is 9.94. The lowest BCUT2D eigenvalue weighted by Crippen LogP contribution is -2.45. The number of hydrogen-bond donors (Lipinski definition) is 0. The largest absolute Gasteiger partial charge is 0.438 e. The van der Waals surface area contributed by atoms with Crippen LogP contribution in [-0.2, 0) is 17.8 Å². The van der Waals surface area contributed by atoms with Gasteiger partial charge in [0.25, 0.3) is 0 Å². The number of aromatic nitrogens is 2. The monoisotopic (exact) mass is 507 g/mol. The highest BCUT2D eigenvalue weighted by molar-refractivity contribution is 5.84. The van der Waals surface area contributed by atoms with Crippen LogP contribution in [-0.4, -0.2) is 65.4 Å². The molecule has 5 rings (SSSR count). The summed E-state index contributed by atoms with van der Waals surface area (Å²) in [5, 5.41) is 0. The van der Waals surface area contributed by atoms with Crippen LogP contribution in [0.5, 0.6) is 11.6 Å². The van der Waals surface area contributed by atoms with Gasteiger partial charge in [0.05, 0.1) is 23.7 Å². The van der Waals surface area contributed by atoms with Gasteiger partial charge >= 0.3 is 0 Å². The van der Waals surface area contributed by atoms with E-state index in [-0.39, 0.29) is 23.5 Å². The van der Waals surface area contributed by atoms with Crippen molar-refractivity contribution in [2.45, 2.75) is 32.2 Å². The third-order valence-electron chi connectivity index (χ3n) is 7.12. The fraction of sp³-hybridized carbons (Fsp3) is 0.393. The van der Waals surface area contributed by atoms with E-state index in [1.165, 1.54) is 6.07 Å². The molecule has 194 valence electrons. The maximum absolute atomic E-state index is 13.9. The smallest absolute Gasteiger partial charge is 0.230 e. The molecule has 3 heterocycles. The maximum Gasteiger partial charge on any atom is 0.230 e. The Bertz CT molecular complexity index is 1260. The second-order valence-corrected chi connectivity index (χ2v) is 9.60. The van der Waals surface area contributed by atoms with Gasteiger partial charge in [0.1, 0.15) is 5.75 Å². The number of carbonyl (C=O) groups is 1. The van der Waals surface area contributed by atoms with Gasteiger partial charge < -0.3 is 19.4 Å². The minimum Gasteiger partial charge on any atom is -0.438 e. The van der Waals surface area contributed by atoms with Gasteiger partial charge in [0.2, 0.25) is 17.7 Å². The molecule has 0 spiro atoms. The van der Waals surface area contributed by atoms with Crippen LogP contribution in [0.1, 0.15) is 36.1 Å². The van der Waals surface area contributed by atoms with E-state index in [1.807, 2.05) is 42.2 Å². The number of carbonyl (C=O) groups excluding carboxylic acids is 1. The highest BCUT2D eigenvalue weighted by atomic mass is 19.2. The fourth-order valence-electron chi connectivity index (χ4n) is 4.90. The van der Waals surface area contributed by atoms with Gasteiger partial charge in [-0.15, -0.1) is 0 Å². The summed E-state index contributed by atoms with van der Waals surface area (Å²) in [6, 6.07) is 13.2. The summed E-state index contributed by atoms with van der Waals surface area (Å²) < 4.78 is 33.5. The van der Waals surface area contributed by atoms with Crippen molar-refractivity contribution >= 4 is 11.9 Å². The first-order chi connectivity index (χ1) is 17.9. The van der Waals surface area contributed by atoms with E-state index in [4.69, 9.17) is 14.7 Å². The zero-order valence-electron chi connectivity index (χ0n) is 21.2. The molecule has 1 unspecified atom stereocenters. The average molecular weight is 508 g/mol. The summed E-state index contributed by atoms with van der Waals surface area (Å²) in [6.07, 6.45) is 1.24. The Hall–Kier alpha value is -3.59. The van der Waals surface area contributed by atoms with Crippen LogP contribution in [0, 0.1) is 11.6 Å². The molecule has 7 nitrogen and oxygen atoms in total. The minimum absolute atomic E-state index is 0.0428. The molecule has 0 N–H and O–H groups in total. The zero-order chi connectivity index (χ0) is 25.9. The Morgan fingerprint density at radius 3 is 2.46 bits per heavy atom. The summed E-state index contributed by atoms with van der Waals surface area (Å²) >= 11 is 0. The van der Waals surface area contributed by atoms with E-state index in [0.29, 0.717) is 37.4 Å². The Balaban J connectivity index is 1.47. The van der Waals surface area contributed by atoms with Crippen molar-refractivity contribution in [2.75, 3.05) is 44.7 Å². The van der Waals surface area contributed by atoms with Gasteiger partial charge in [0.15, 0.2) is 11.6 Å². The first-order valence-electron chi connectivity index (χ1n) is 12.7. The fourth-order valence-corrected chi connectivity index (χ4v) is 4.90. The Morgan fingerprint density at radius 2 is 1.76 bits per heavy atom. The molecular weight excluding hydrogens is 476 g/mol. The molecule has 9 heteroatoms. The molecule has 1 saturated heterocycles. The Kier molecular flexibility index (Phi) is 7.32. The Morgan fingerprint density at radius 1 is 1.00 bits per heavy atom. The van der Waals surface area contributed by atoms with E-state index in [2.05, 4.69) is 16.8 Å². The summed E-state index contributed by atoms with van der Waals surface area (Å²) in [4.78, 5) is 29.3. The summed E-state index contributed by atoms with van der Waals surface area (Å²) in [5.74, 6) is -1.17. The van der Waals surface area contributed by atoms with Crippen molar-refractivity contribution in [3.05, 3.63) is 77.0 Å². The average Bonchev–Trinajstić information content (AvgIpc) is 2.92. The lowest BCUT2D eigenvalue weighted by Gasteiger charge is -2.35. The van der Waals surface area contributed by atoms with Crippen LogP contribution in [0.15, 0.2) is 48.5 Å². The van der Waals surface area contributed by atoms with E-state index < -0.39 is 11.6 Å². The van der Waals surface area contributed by atoms with Gasteiger partial charge in [-0.3, -0.25) is 4.79 Å². The topological polar surface area (TPSA) is 61.8 Å². The van der Waals surface area contributed by atoms with Gasteiger partial charge in [-0.05, 0) is 31.2 Å². The minimum atomic E-state index is -0.995. The van der Waals surface area contributed by atoms with Crippen molar-refractivity contribution in [1.29, 1.82) is 0 Å². The van der Waals surface area contributed by atoms with Crippen LogP contribution in [0.25, 0.3) is 0 Å². The van der Waals surface area contributed by atoms with Crippen molar-refractivity contribution in [3.8, 4) is 11.6 Å². The third-order valence-corrected chi connectivity index (χ3v) is 7.12. The molecule has 2 aromatic carbocycles. The molecule has 2 aliphatic rings. The number of anilines is 1. The Labute approximate surface area is 215 Å². The number of fused-ring (bicyclic) bond motifs is 1. The normalized spacial score (nSPS) is 16.9. The number of benzene rings is 2.